The highest BCUT2D eigenvalue weighted by molar-refractivity contribution is 6.41. The monoisotopic (exact) mass is 299 g/mol. The van der Waals surface area contributed by atoms with Crippen LogP contribution in [0.4, 0.5) is 11.4 Å². The van der Waals surface area contributed by atoms with Gasteiger partial charge >= 0.3 is 11.8 Å². The maximum atomic E-state index is 11.6. The van der Waals surface area contributed by atoms with Crippen molar-refractivity contribution in [1.29, 1.82) is 0 Å². The average Bonchev–Trinajstić information content (AvgIpc) is 2.37. The molecule has 20 heavy (non-hydrogen) atoms. The Morgan fingerprint density at radius 3 is 2.55 bits per heavy atom. The first kappa shape index (κ1) is 15.9. The van der Waals surface area contributed by atoms with Crippen LogP contribution in [-0.2, 0) is 9.59 Å². The second kappa shape index (κ2) is 6.85. The number of benzene rings is 1. The highest BCUT2D eigenvalue weighted by Crippen LogP contribution is 2.26. The number of carbonyl (C=O) groups excluding carboxylic acids is 2. The van der Waals surface area contributed by atoms with E-state index in [1.165, 1.54) is 12.1 Å². The summed E-state index contributed by atoms with van der Waals surface area (Å²) in [5.41, 5.74) is -0.210. The third kappa shape index (κ3) is 4.51. The van der Waals surface area contributed by atoms with Gasteiger partial charge < -0.3 is 10.6 Å². The molecule has 0 bridgehead atoms. The number of nitrogens with zero attached hydrogens (tertiary/aromatic N) is 1. The summed E-state index contributed by atoms with van der Waals surface area (Å²) in [6, 6.07) is 3.58. The summed E-state index contributed by atoms with van der Waals surface area (Å²) in [5.74, 6) is -1.54. The van der Waals surface area contributed by atoms with Crippen LogP contribution in [0.5, 0.6) is 0 Å². The molecule has 0 heterocycles. The minimum atomic E-state index is -0.923. The molecule has 1 rings (SSSR count). The number of non-ortho nitro benzene ring substituents is 1. The fourth-order valence-electron chi connectivity index (χ4n) is 1.28. The van der Waals surface area contributed by atoms with Gasteiger partial charge in [0.05, 0.1) is 15.6 Å². The second-order valence-electron chi connectivity index (χ2n) is 4.48. The lowest BCUT2D eigenvalue weighted by Crippen LogP contribution is -2.37. The van der Waals surface area contributed by atoms with E-state index in [4.69, 9.17) is 11.6 Å². The normalized spacial score (nSPS) is 10.2. The van der Waals surface area contributed by atoms with E-state index in [1.807, 2.05) is 13.8 Å². The number of anilines is 1. The van der Waals surface area contributed by atoms with E-state index in [0.717, 1.165) is 6.07 Å². The van der Waals surface area contributed by atoms with Crippen LogP contribution in [0.2, 0.25) is 5.02 Å². The Bertz CT molecular complexity index is 546. The summed E-state index contributed by atoms with van der Waals surface area (Å²) in [4.78, 5) is 33.1. The number of nitro groups is 1. The van der Waals surface area contributed by atoms with Gasteiger partial charge in [-0.05, 0) is 12.0 Å². The Hall–Kier alpha value is -2.15. The van der Waals surface area contributed by atoms with Crippen molar-refractivity contribution in [3.05, 3.63) is 33.3 Å². The van der Waals surface area contributed by atoms with Crippen molar-refractivity contribution in [2.75, 3.05) is 11.9 Å². The standard InChI is InChI=1S/C12H14ClN3O4/c1-7(2)6-14-11(17)12(18)15-10-5-8(16(19)20)3-4-9(10)13/h3-5,7H,6H2,1-2H3,(H,14,17)(H,15,18). The van der Waals surface area contributed by atoms with Crippen molar-refractivity contribution >= 4 is 34.8 Å². The summed E-state index contributed by atoms with van der Waals surface area (Å²) in [6.07, 6.45) is 0. The van der Waals surface area contributed by atoms with E-state index in [0.29, 0.717) is 6.54 Å². The van der Waals surface area contributed by atoms with Gasteiger partial charge in [0.1, 0.15) is 0 Å². The third-order valence-electron chi connectivity index (χ3n) is 2.29. The highest BCUT2D eigenvalue weighted by atomic mass is 35.5. The predicted octanol–water partition coefficient (Wildman–Crippen LogP) is 1.96. The van der Waals surface area contributed by atoms with Gasteiger partial charge in [-0.1, -0.05) is 25.4 Å². The number of nitrogens with one attached hydrogen (secondary N) is 2. The molecule has 1 aromatic carbocycles. The SMILES string of the molecule is CC(C)CNC(=O)C(=O)Nc1cc([N+](=O)[O-])ccc1Cl. The molecule has 0 aliphatic rings. The zero-order valence-electron chi connectivity index (χ0n) is 11.0. The smallest absolute Gasteiger partial charge is 0.313 e. The van der Waals surface area contributed by atoms with E-state index in [-0.39, 0.29) is 22.3 Å². The van der Waals surface area contributed by atoms with E-state index >= 15 is 0 Å². The molecule has 0 saturated heterocycles. The minimum Gasteiger partial charge on any atom is -0.348 e. The lowest BCUT2D eigenvalue weighted by molar-refractivity contribution is -0.384. The molecule has 0 unspecified atom stereocenters. The van der Waals surface area contributed by atoms with Crippen LogP contribution in [0, 0.1) is 16.0 Å². The molecular formula is C12H14ClN3O4. The summed E-state index contributed by atoms with van der Waals surface area (Å²) < 4.78 is 0. The maximum absolute atomic E-state index is 11.6. The molecule has 0 atom stereocenters. The van der Waals surface area contributed by atoms with Gasteiger partial charge in [-0.15, -0.1) is 0 Å². The topological polar surface area (TPSA) is 101 Å². The molecule has 108 valence electrons. The number of halogens is 1. The molecule has 2 amide bonds. The highest BCUT2D eigenvalue weighted by Gasteiger charge is 2.17. The van der Waals surface area contributed by atoms with Crippen LogP contribution in [0.25, 0.3) is 0 Å². The average molecular weight is 300 g/mol. The van der Waals surface area contributed by atoms with Gasteiger partial charge in [0.25, 0.3) is 5.69 Å². The van der Waals surface area contributed by atoms with Gasteiger partial charge in [0.2, 0.25) is 0 Å². The molecule has 0 aromatic heterocycles. The van der Waals surface area contributed by atoms with Gasteiger partial charge in [-0.25, -0.2) is 0 Å². The lowest BCUT2D eigenvalue weighted by Gasteiger charge is -2.09. The van der Waals surface area contributed by atoms with Gasteiger partial charge in [-0.3, -0.25) is 19.7 Å². The van der Waals surface area contributed by atoms with Gasteiger partial charge in [-0.2, -0.15) is 0 Å². The van der Waals surface area contributed by atoms with E-state index in [1.54, 1.807) is 0 Å². The minimum absolute atomic E-state index is 0.0190. The molecule has 0 spiro atoms. The quantitative estimate of drug-likeness (QED) is 0.504. The predicted molar refractivity (Wildman–Crippen MR) is 74.6 cm³/mol. The zero-order valence-corrected chi connectivity index (χ0v) is 11.7. The zero-order chi connectivity index (χ0) is 15.3. The lowest BCUT2D eigenvalue weighted by atomic mass is 10.2. The van der Waals surface area contributed by atoms with Crippen molar-refractivity contribution in [2.45, 2.75) is 13.8 Å². The molecule has 2 N–H and O–H groups in total. The molecule has 0 aliphatic heterocycles. The summed E-state index contributed by atoms with van der Waals surface area (Å²) in [5, 5.41) is 15.4. The van der Waals surface area contributed by atoms with Crippen molar-refractivity contribution in [1.82, 2.24) is 5.32 Å². The maximum Gasteiger partial charge on any atom is 0.313 e. The van der Waals surface area contributed by atoms with Crippen LogP contribution >= 0.6 is 11.6 Å². The van der Waals surface area contributed by atoms with E-state index < -0.39 is 16.7 Å². The largest absolute Gasteiger partial charge is 0.348 e. The molecule has 0 fully saturated rings. The number of hydrogen-bond acceptors (Lipinski definition) is 4. The first-order chi connectivity index (χ1) is 9.31. The van der Waals surface area contributed by atoms with Crippen LogP contribution in [0.3, 0.4) is 0 Å². The molecule has 0 radical (unpaired) electrons. The van der Waals surface area contributed by atoms with Crippen LogP contribution in [0.15, 0.2) is 18.2 Å². The van der Waals surface area contributed by atoms with Crippen molar-refractivity contribution in [3.63, 3.8) is 0 Å². The first-order valence-corrected chi connectivity index (χ1v) is 6.22. The Kier molecular flexibility index (Phi) is 5.45. The molecule has 1 aromatic rings. The Balaban J connectivity index is 2.77. The van der Waals surface area contributed by atoms with Crippen LogP contribution in [-0.4, -0.2) is 23.3 Å². The van der Waals surface area contributed by atoms with Crippen molar-refractivity contribution in [2.24, 2.45) is 5.92 Å². The summed E-state index contributed by atoms with van der Waals surface area (Å²) in [7, 11) is 0. The second-order valence-corrected chi connectivity index (χ2v) is 4.89. The number of carbonyl (C=O) groups is 2. The Morgan fingerprint density at radius 2 is 2.00 bits per heavy atom. The number of rotatable bonds is 4. The molecule has 0 aliphatic carbocycles. The fraction of sp³-hybridized carbons (Fsp3) is 0.333. The molecular weight excluding hydrogens is 286 g/mol. The summed E-state index contributed by atoms with van der Waals surface area (Å²) >= 11 is 5.81. The van der Waals surface area contributed by atoms with Gasteiger partial charge in [0.15, 0.2) is 0 Å². The molecule has 8 heteroatoms. The molecule has 0 saturated carbocycles. The van der Waals surface area contributed by atoms with Gasteiger partial charge in [0, 0.05) is 18.7 Å². The third-order valence-corrected chi connectivity index (χ3v) is 2.62. The molecule has 7 nitrogen and oxygen atoms in total. The number of amides is 2. The van der Waals surface area contributed by atoms with Crippen LogP contribution in [0.1, 0.15) is 13.8 Å². The van der Waals surface area contributed by atoms with Crippen LogP contribution < -0.4 is 10.6 Å². The van der Waals surface area contributed by atoms with Crippen molar-refractivity contribution in [3.8, 4) is 0 Å². The number of hydrogen-bond donors (Lipinski definition) is 2. The Labute approximate surface area is 120 Å². The Morgan fingerprint density at radius 1 is 1.35 bits per heavy atom. The van der Waals surface area contributed by atoms with Crippen molar-refractivity contribution < 1.29 is 14.5 Å². The fourth-order valence-corrected chi connectivity index (χ4v) is 1.44. The first-order valence-electron chi connectivity index (χ1n) is 5.84. The number of nitro benzene ring substituents is 1. The summed E-state index contributed by atoms with van der Waals surface area (Å²) in [6.45, 7) is 4.13. The van der Waals surface area contributed by atoms with E-state index in [9.17, 15) is 19.7 Å². The van der Waals surface area contributed by atoms with E-state index in [2.05, 4.69) is 10.6 Å².